The van der Waals surface area contributed by atoms with Crippen LogP contribution >= 0.6 is 0 Å². The molecule has 1 heteroatoms. The van der Waals surface area contributed by atoms with Gasteiger partial charge in [0, 0.05) is 6.04 Å². The van der Waals surface area contributed by atoms with Crippen LogP contribution in [0.15, 0.2) is 0 Å². The molecule has 1 N–H and O–H groups in total. The SMILES string of the molecule is C[C@H]([NH])C1CC1. The van der Waals surface area contributed by atoms with Crippen molar-refractivity contribution in [2.45, 2.75) is 25.8 Å². The lowest BCUT2D eigenvalue weighted by Crippen LogP contribution is -2.03. The summed E-state index contributed by atoms with van der Waals surface area (Å²) < 4.78 is 0. The zero-order valence-corrected chi connectivity index (χ0v) is 4.07. The fraction of sp³-hybridized carbons (Fsp3) is 1.00. The first kappa shape index (κ1) is 4.13. The minimum Gasteiger partial charge on any atom is -0.255 e. The molecule has 0 bridgehead atoms. The highest BCUT2D eigenvalue weighted by Crippen LogP contribution is 2.31. The molecule has 1 rings (SSSR count). The summed E-state index contributed by atoms with van der Waals surface area (Å²) >= 11 is 0. The molecular formula is C5H10N. The van der Waals surface area contributed by atoms with Crippen LogP contribution in [0.25, 0.3) is 0 Å². The van der Waals surface area contributed by atoms with Crippen LogP contribution in [0.4, 0.5) is 0 Å². The largest absolute Gasteiger partial charge is 0.255 e. The summed E-state index contributed by atoms with van der Waals surface area (Å²) in [5.74, 6) is 0.769. The molecule has 35 valence electrons. The number of hydrogen-bond donors (Lipinski definition) is 0. The van der Waals surface area contributed by atoms with Gasteiger partial charge in [0.25, 0.3) is 0 Å². The second-order valence-corrected chi connectivity index (χ2v) is 2.13. The summed E-state index contributed by atoms with van der Waals surface area (Å²) in [6, 6.07) is 0.213. The van der Waals surface area contributed by atoms with Crippen molar-refractivity contribution in [3.8, 4) is 0 Å². The van der Waals surface area contributed by atoms with Gasteiger partial charge in [-0.3, -0.25) is 5.73 Å². The van der Waals surface area contributed by atoms with Crippen molar-refractivity contribution in [3.05, 3.63) is 0 Å². The molecule has 1 fully saturated rings. The lowest BCUT2D eigenvalue weighted by Gasteiger charge is -1.93. The molecule has 1 saturated carbocycles. The third-order valence-corrected chi connectivity index (χ3v) is 1.33. The van der Waals surface area contributed by atoms with E-state index in [1.165, 1.54) is 12.8 Å². The molecule has 1 radical (unpaired) electrons. The Morgan fingerprint density at radius 3 is 2.17 bits per heavy atom. The van der Waals surface area contributed by atoms with Gasteiger partial charge in [-0.25, -0.2) is 0 Å². The molecule has 0 aromatic rings. The van der Waals surface area contributed by atoms with Crippen LogP contribution in [0.3, 0.4) is 0 Å². The quantitative estimate of drug-likeness (QED) is 0.454. The molecule has 1 nitrogen and oxygen atoms in total. The first-order valence-corrected chi connectivity index (χ1v) is 2.52. The highest BCUT2D eigenvalue weighted by atomic mass is 14.7. The second kappa shape index (κ2) is 1.23. The summed E-state index contributed by atoms with van der Waals surface area (Å²) in [4.78, 5) is 0. The van der Waals surface area contributed by atoms with Gasteiger partial charge < -0.3 is 0 Å². The molecule has 0 unspecified atom stereocenters. The number of nitrogens with one attached hydrogen (secondary N) is 1. The van der Waals surface area contributed by atoms with Crippen molar-refractivity contribution in [1.82, 2.24) is 5.73 Å². The van der Waals surface area contributed by atoms with Crippen LogP contribution in [0.1, 0.15) is 19.8 Å². The van der Waals surface area contributed by atoms with Crippen LogP contribution in [0.2, 0.25) is 0 Å². The van der Waals surface area contributed by atoms with E-state index in [1.807, 2.05) is 6.92 Å². The van der Waals surface area contributed by atoms with E-state index in [0.29, 0.717) is 0 Å². The zero-order valence-electron chi connectivity index (χ0n) is 4.07. The molecule has 0 amide bonds. The maximum absolute atomic E-state index is 7.09. The maximum Gasteiger partial charge on any atom is 0.0213 e. The van der Waals surface area contributed by atoms with Crippen LogP contribution in [-0.2, 0) is 0 Å². The molecule has 1 aliphatic rings. The monoisotopic (exact) mass is 84.1 g/mol. The molecule has 1 aliphatic carbocycles. The molecular weight excluding hydrogens is 74.1 g/mol. The fourth-order valence-electron chi connectivity index (χ4n) is 0.596. The average molecular weight is 84.1 g/mol. The highest BCUT2D eigenvalue weighted by Gasteiger charge is 2.25. The van der Waals surface area contributed by atoms with Gasteiger partial charge in [-0.15, -0.1) is 0 Å². The predicted molar refractivity (Wildman–Crippen MR) is 25.3 cm³/mol. The standard InChI is InChI=1S/C5H10N/c1-4(6)5-2-3-5/h4-6H,2-3H2,1H3/t4-/m0/s1. The fourth-order valence-corrected chi connectivity index (χ4v) is 0.596. The minimum atomic E-state index is 0.213. The van der Waals surface area contributed by atoms with E-state index in [1.54, 1.807) is 0 Å². The van der Waals surface area contributed by atoms with Crippen molar-refractivity contribution in [2.75, 3.05) is 0 Å². The van der Waals surface area contributed by atoms with E-state index < -0.39 is 0 Å². The smallest absolute Gasteiger partial charge is 0.0213 e. The first-order chi connectivity index (χ1) is 2.80. The lowest BCUT2D eigenvalue weighted by atomic mass is 10.2. The molecule has 0 spiro atoms. The molecule has 1 atom stereocenters. The van der Waals surface area contributed by atoms with Crippen molar-refractivity contribution >= 4 is 0 Å². The summed E-state index contributed by atoms with van der Waals surface area (Å²) in [5, 5.41) is 0. The zero-order chi connectivity index (χ0) is 4.57. The Kier molecular flexibility index (Phi) is 0.845. The van der Waals surface area contributed by atoms with Crippen molar-refractivity contribution in [1.29, 1.82) is 0 Å². The number of hydrogen-bond acceptors (Lipinski definition) is 0. The van der Waals surface area contributed by atoms with E-state index in [-0.39, 0.29) is 6.04 Å². The van der Waals surface area contributed by atoms with Gasteiger partial charge in [-0.2, -0.15) is 0 Å². The predicted octanol–water partition coefficient (Wildman–Crippen LogP) is 1.07. The van der Waals surface area contributed by atoms with Gasteiger partial charge in [0.1, 0.15) is 0 Å². The van der Waals surface area contributed by atoms with E-state index in [4.69, 9.17) is 5.73 Å². The first-order valence-electron chi connectivity index (χ1n) is 2.52. The summed E-state index contributed by atoms with van der Waals surface area (Å²) in [7, 11) is 0. The van der Waals surface area contributed by atoms with Crippen LogP contribution in [-0.4, -0.2) is 6.04 Å². The molecule has 6 heavy (non-hydrogen) atoms. The van der Waals surface area contributed by atoms with E-state index in [0.717, 1.165) is 5.92 Å². The van der Waals surface area contributed by atoms with Gasteiger partial charge in [-0.1, -0.05) is 0 Å². The minimum absolute atomic E-state index is 0.213. The van der Waals surface area contributed by atoms with Crippen LogP contribution in [0.5, 0.6) is 0 Å². The van der Waals surface area contributed by atoms with Gasteiger partial charge in [0.05, 0.1) is 0 Å². The topological polar surface area (TPSA) is 23.8 Å². The molecule has 0 aromatic carbocycles. The molecule has 0 heterocycles. The molecule has 0 aromatic heterocycles. The summed E-state index contributed by atoms with van der Waals surface area (Å²) in [6.45, 7) is 1.97. The Hall–Kier alpha value is -0.0400. The normalized spacial score (nSPS) is 27.0. The number of rotatable bonds is 1. The Balaban J connectivity index is 2.13. The van der Waals surface area contributed by atoms with Crippen molar-refractivity contribution < 1.29 is 0 Å². The van der Waals surface area contributed by atoms with E-state index >= 15 is 0 Å². The van der Waals surface area contributed by atoms with E-state index in [9.17, 15) is 0 Å². The Labute approximate surface area is 38.5 Å². The van der Waals surface area contributed by atoms with Gasteiger partial charge in [0.15, 0.2) is 0 Å². The Morgan fingerprint density at radius 2 is 2.17 bits per heavy atom. The average Bonchev–Trinajstić information content (AvgIpc) is 2.06. The van der Waals surface area contributed by atoms with Crippen LogP contribution in [0, 0.1) is 5.92 Å². The van der Waals surface area contributed by atoms with E-state index in [2.05, 4.69) is 0 Å². The third kappa shape index (κ3) is 0.716. The van der Waals surface area contributed by atoms with Crippen LogP contribution < -0.4 is 5.73 Å². The lowest BCUT2D eigenvalue weighted by molar-refractivity contribution is 0.631. The third-order valence-electron chi connectivity index (χ3n) is 1.33. The highest BCUT2D eigenvalue weighted by molar-refractivity contribution is 4.79. The maximum atomic E-state index is 7.09. The van der Waals surface area contributed by atoms with Gasteiger partial charge in [-0.05, 0) is 25.7 Å². The second-order valence-electron chi connectivity index (χ2n) is 2.13. The summed E-state index contributed by atoms with van der Waals surface area (Å²) in [6.07, 6.45) is 2.62. The Morgan fingerprint density at radius 1 is 1.67 bits per heavy atom. The molecule has 0 saturated heterocycles. The Bertz CT molecular complexity index is 45.9. The van der Waals surface area contributed by atoms with Gasteiger partial charge in [0.2, 0.25) is 0 Å². The summed E-state index contributed by atoms with van der Waals surface area (Å²) in [5.41, 5.74) is 7.09. The molecule has 0 aliphatic heterocycles. The van der Waals surface area contributed by atoms with Crippen molar-refractivity contribution in [2.24, 2.45) is 5.92 Å². The van der Waals surface area contributed by atoms with Crippen molar-refractivity contribution in [3.63, 3.8) is 0 Å². The van der Waals surface area contributed by atoms with Gasteiger partial charge >= 0.3 is 0 Å².